The highest BCUT2D eigenvalue weighted by Gasteiger charge is 2.45. The molecule has 4 rings (SSSR count). The van der Waals surface area contributed by atoms with Crippen LogP contribution in [-0.2, 0) is 4.79 Å². The quantitative estimate of drug-likeness (QED) is 0.834. The number of piperidine rings is 1. The Labute approximate surface area is 156 Å². The molecule has 1 unspecified atom stereocenters. The number of aliphatic hydroxyl groups is 1. The topological polar surface area (TPSA) is 109 Å². The third kappa shape index (κ3) is 3.32. The molecule has 2 aliphatic rings. The number of hydrogen-bond acceptors (Lipinski definition) is 6. The van der Waals surface area contributed by atoms with Gasteiger partial charge in [0.25, 0.3) is 11.8 Å². The Bertz CT molecular complexity index is 823. The lowest BCUT2D eigenvalue weighted by molar-refractivity contribution is -0.131. The van der Waals surface area contributed by atoms with E-state index in [1.54, 1.807) is 36.1 Å². The molecule has 1 saturated carbocycles. The zero-order chi connectivity index (χ0) is 19.0. The van der Waals surface area contributed by atoms with Gasteiger partial charge in [0, 0.05) is 19.1 Å². The number of aromatic nitrogens is 2. The summed E-state index contributed by atoms with van der Waals surface area (Å²) in [5, 5.41) is 20.7. The fraction of sp³-hybridized carbons (Fsp3) is 0.474. The number of carbonyl (C=O) groups excluding carboxylic acids is 2. The summed E-state index contributed by atoms with van der Waals surface area (Å²) in [5.74, 6) is -0.237. The lowest BCUT2D eigenvalue weighted by Gasteiger charge is -2.38. The molecule has 142 valence electrons. The van der Waals surface area contributed by atoms with E-state index in [1.807, 2.05) is 6.07 Å². The lowest BCUT2D eigenvalue weighted by Crippen LogP contribution is -2.54. The van der Waals surface area contributed by atoms with Gasteiger partial charge in [-0.1, -0.05) is 35.5 Å². The first-order valence-electron chi connectivity index (χ1n) is 9.16. The molecular weight excluding hydrogens is 348 g/mol. The number of nitrogens with one attached hydrogen (secondary N) is 1. The van der Waals surface area contributed by atoms with Crippen LogP contribution in [0.2, 0.25) is 0 Å². The Morgan fingerprint density at radius 1 is 1.19 bits per heavy atom. The van der Waals surface area contributed by atoms with Crippen LogP contribution in [0.5, 0.6) is 0 Å². The van der Waals surface area contributed by atoms with Crippen molar-refractivity contribution in [3.63, 3.8) is 0 Å². The number of aliphatic hydroxyl groups excluding tert-OH is 1. The highest BCUT2D eigenvalue weighted by Crippen LogP contribution is 2.37. The number of fused-ring (bicyclic) bond motifs is 2. The molecule has 27 heavy (non-hydrogen) atoms. The van der Waals surface area contributed by atoms with Gasteiger partial charge in [-0.3, -0.25) is 9.59 Å². The molecule has 1 aromatic heterocycles. The van der Waals surface area contributed by atoms with Crippen LogP contribution in [0.3, 0.4) is 0 Å². The van der Waals surface area contributed by atoms with Gasteiger partial charge in [-0.15, -0.1) is 0 Å². The summed E-state index contributed by atoms with van der Waals surface area (Å²) in [6.45, 7) is 2.79. The molecule has 1 aromatic carbocycles. The van der Waals surface area contributed by atoms with Crippen LogP contribution in [-0.4, -0.2) is 51.3 Å². The van der Waals surface area contributed by atoms with Crippen molar-refractivity contribution in [1.82, 2.24) is 20.5 Å². The smallest absolute Gasteiger partial charge is 0.278 e. The average Bonchev–Trinajstić information content (AvgIpc) is 3.20. The first-order valence-corrected chi connectivity index (χ1v) is 9.16. The highest BCUT2D eigenvalue weighted by molar-refractivity contribution is 5.93. The maximum absolute atomic E-state index is 12.7. The summed E-state index contributed by atoms with van der Waals surface area (Å²) in [6.07, 6.45) is 0.697. The van der Waals surface area contributed by atoms with Crippen LogP contribution in [0.25, 0.3) is 0 Å². The van der Waals surface area contributed by atoms with E-state index in [4.69, 9.17) is 0 Å². The minimum atomic E-state index is -1.19. The van der Waals surface area contributed by atoms with Gasteiger partial charge in [0.2, 0.25) is 0 Å². The number of hydrogen-bond donors (Lipinski definition) is 2. The van der Waals surface area contributed by atoms with Gasteiger partial charge in [-0.2, -0.15) is 0 Å². The molecule has 1 aliphatic carbocycles. The van der Waals surface area contributed by atoms with Crippen molar-refractivity contribution < 1.29 is 19.3 Å². The summed E-state index contributed by atoms with van der Waals surface area (Å²) >= 11 is 0. The predicted molar refractivity (Wildman–Crippen MR) is 94.5 cm³/mol. The number of nitrogens with zero attached hydrogens (tertiary/aromatic N) is 3. The van der Waals surface area contributed by atoms with E-state index in [2.05, 4.69) is 20.3 Å². The van der Waals surface area contributed by atoms with Crippen molar-refractivity contribution in [2.75, 3.05) is 13.1 Å². The lowest BCUT2D eigenvalue weighted by atomic mass is 9.91. The highest BCUT2D eigenvalue weighted by atomic mass is 16.6. The SMILES string of the molecule is Cc1nonc1C(=O)N1C[C@H]2CC[C@@H](C1)C2NC(=O)[C@@H](O)c1ccccc1. The summed E-state index contributed by atoms with van der Waals surface area (Å²) in [6, 6.07) is 8.85. The first-order chi connectivity index (χ1) is 13.0. The van der Waals surface area contributed by atoms with Crippen LogP contribution in [0.15, 0.2) is 35.0 Å². The fourth-order valence-electron chi connectivity index (χ4n) is 4.23. The van der Waals surface area contributed by atoms with E-state index in [1.165, 1.54) is 0 Å². The van der Waals surface area contributed by atoms with E-state index < -0.39 is 6.10 Å². The van der Waals surface area contributed by atoms with Crippen molar-refractivity contribution in [2.24, 2.45) is 11.8 Å². The minimum absolute atomic E-state index is 0.0311. The Hall–Kier alpha value is -2.74. The molecule has 8 heteroatoms. The van der Waals surface area contributed by atoms with Crippen LogP contribution in [0, 0.1) is 18.8 Å². The van der Waals surface area contributed by atoms with Gasteiger partial charge in [0.15, 0.2) is 11.8 Å². The summed E-state index contributed by atoms with van der Waals surface area (Å²) in [4.78, 5) is 26.9. The zero-order valence-corrected chi connectivity index (χ0v) is 15.0. The van der Waals surface area contributed by atoms with Gasteiger partial charge in [-0.25, -0.2) is 4.63 Å². The minimum Gasteiger partial charge on any atom is -0.378 e. The van der Waals surface area contributed by atoms with Crippen LogP contribution in [0.4, 0.5) is 0 Å². The van der Waals surface area contributed by atoms with Crippen molar-refractivity contribution in [3.05, 3.63) is 47.3 Å². The maximum atomic E-state index is 12.7. The molecule has 4 atom stereocenters. The molecule has 2 aromatic rings. The molecule has 8 nitrogen and oxygen atoms in total. The van der Waals surface area contributed by atoms with Crippen molar-refractivity contribution >= 4 is 11.8 Å². The molecular formula is C19H22N4O4. The van der Waals surface area contributed by atoms with E-state index in [0.717, 1.165) is 12.8 Å². The van der Waals surface area contributed by atoms with Gasteiger partial charge >= 0.3 is 0 Å². The molecule has 2 bridgehead atoms. The molecule has 2 N–H and O–H groups in total. The summed E-state index contributed by atoms with van der Waals surface area (Å²) in [7, 11) is 0. The number of amides is 2. The predicted octanol–water partition coefficient (Wildman–Crippen LogP) is 1.08. The third-order valence-electron chi connectivity index (χ3n) is 5.65. The number of rotatable bonds is 4. The van der Waals surface area contributed by atoms with Crippen LogP contribution in [0.1, 0.15) is 40.7 Å². The van der Waals surface area contributed by atoms with Crippen molar-refractivity contribution in [1.29, 1.82) is 0 Å². The molecule has 2 fully saturated rings. The normalized spacial score (nSPS) is 25.3. The number of likely N-dealkylation sites (tertiary alicyclic amines) is 1. The fourth-order valence-corrected chi connectivity index (χ4v) is 4.23. The van der Waals surface area contributed by atoms with Gasteiger partial charge in [-0.05, 0) is 42.3 Å². The third-order valence-corrected chi connectivity index (χ3v) is 5.65. The monoisotopic (exact) mass is 370 g/mol. The van der Waals surface area contributed by atoms with E-state index in [9.17, 15) is 14.7 Å². The molecule has 0 radical (unpaired) electrons. The molecule has 0 spiro atoms. The molecule has 1 aliphatic heterocycles. The van der Waals surface area contributed by atoms with Crippen LogP contribution >= 0.6 is 0 Å². The second kappa shape index (κ2) is 7.11. The average molecular weight is 370 g/mol. The van der Waals surface area contributed by atoms with Gasteiger partial charge < -0.3 is 15.3 Å². The van der Waals surface area contributed by atoms with E-state index >= 15 is 0 Å². The summed E-state index contributed by atoms with van der Waals surface area (Å²) in [5.41, 5.74) is 1.30. The summed E-state index contributed by atoms with van der Waals surface area (Å²) < 4.78 is 4.64. The standard InChI is InChI=1S/C19H22N4O4/c1-11-15(22-27-21-11)19(26)23-9-13-7-8-14(10-23)16(13)20-18(25)17(24)12-5-3-2-4-6-12/h2-6,13-14,16-17,24H,7-10H2,1H3,(H,20,25)/t13-,14+,16?,17-/m0/s1. The van der Waals surface area contributed by atoms with E-state index in [0.29, 0.717) is 24.3 Å². The molecule has 2 heterocycles. The van der Waals surface area contributed by atoms with Crippen molar-refractivity contribution in [2.45, 2.75) is 31.9 Å². The molecule has 2 amide bonds. The first kappa shape index (κ1) is 17.7. The van der Waals surface area contributed by atoms with Crippen molar-refractivity contribution in [3.8, 4) is 0 Å². The number of benzene rings is 1. The van der Waals surface area contributed by atoms with Gasteiger partial charge in [0.05, 0.1) is 0 Å². The Balaban J connectivity index is 1.42. The Morgan fingerprint density at radius 2 is 1.85 bits per heavy atom. The maximum Gasteiger partial charge on any atom is 0.278 e. The number of carbonyl (C=O) groups is 2. The number of aryl methyl sites for hydroxylation is 1. The second-order valence-corrected chi connectivity index (χ2v) is 7.35. The second-order valence-electron chi connectivity index (χ2n) is 7.35. The van der Waals surface area contributed by atoms with E-state index in [-0.39, 0.29) is 35.4 Å². The zero-order valence-electron chi connectivity index (χ0n) is 15.0. The van der Waals surface area contributed by atoms with Gasteiger partial charge in [0.1, 0.15) is 5.69 Å². The largest absolute Gasteiger partial charge is 0.378 e. The Kier molecular flexibility index (Phi) is 4.65. The molecule has 1 saturated heterocycles. The Morgan fingerprint density at radius 3 is 2.44 bits per heavy atom. The van der Waals surface area contributed by atoms with Crippen LogP contribution < -0.4 is 5.32 Å².